The van der Waals surface area contributed by atoms with Gasteiger partial charge in [-0.25, -0.2) is 0 Å². The molecule has 2 N–H and O–H groups in total. The van der Waals surface area contributed by atoms with Crippen molar-refractivity contribution in [3.05, 3.63) is 70.7 Å². The topological polar surface area (TPSA) is 75.8 Å². The van der Waals surface area contributed by atoms with E-state index in [-0.39, 0.29) is 18.5 Å². The quantitative estimate of drug-likeness (QED) is 0.489. The molecule has 0 radical (unpaired) electrons. The van der Waals surface area contributed by atoms with Crippen LogP contribution in [0.25, 0.3) is 22.4 Å². The van der Waals surface area contributed by atoms with Crippen LogP contribution in [0.1, 0.15) is 24.3 Å². The summed E-state index contributed by atoms with van der Waals surface area (Å²) in [4.78, 5) is 12.6. The lowest BCUT2D eigenvalue weighted by atomic mass is 10.1. The second-order valence-electron chi connectivity index (χ2n) is 6.78. The highest BCUT2D eigenvalue weighted by molar-refractivity contribution is 7.71. The van der Waals surface area contributed by atoms with Crippen LogP contribution in [-0.4, -0.2) is 20.7 Å². The average molecular weight is 392 g/mol. The highest BCUT2D eigenvalue weighted by Crippen LogP contribution is 2.24. The van der Waals surface area contributed by atoms with Crippen molar-refractivity contribution in [2.24, 2.45) is 0 Å². The first kappa shape index (κ1) is 18.2. The highest BCUT2D eigenvalue weighted by Gasteiger charge is 2.17. The molecule has 0 unspecified atom stereocenters. The predicted molar refractivity (Wildman–Crippen MR) is 110 cm³/mol. The molecule has 0 aliphatic carbocycles. The number of benzene rings is 2. The number of nitrogens with one attached hydrogen (secondary N) is 2. The fourth-order valence-electron chi connectivity index (χ4n) is 3.11. The number of aromatic nitrogens is 3. The van der Waals surface area contributed by atoms with Crippen LogP contribution in [-0.2, 0) is 11.3 Å². The largest absolute Gasteiger partial charge is 0.459 e. The number of carbonyl (C=O) groups excluding carboxylic acids is 1. The Kier molecular flexibility index (Phi) is 4.83. The van der Waals surface area contributed by atoms with Gasteiger partial charge in [-0.15, -0.1) is 0 Å². The Morgan fingerprint density at radius 3 is 2.75 bits per heavy atom. The Labute approximate surface area is 167 Å². The molecule has 28 heavy (non-hydrogen) atoms. The molecule has 4 aromatic rings. The summed E-state index contributed by atoms with van der Waals surface area (Å²) in [5.74, 6) is 1.18. The minimum absolute atomic E-state index is 0.0725. The highest BCUT2D eigenvalue weighted by atomic mass is 32.1. The van der Waals surface area contributed by atoms with Crippen LogP contribution in [0.2, 0.25) is 0 Å². The van der Waals surface area contributed by atoms with Crippen LogP contribution in [0.15, 0.2) is 59.0 Å². The number of para-hydroxylation sites is 1. The van der Waals surface area contributed by atoms with Crippen LogP contribution in [0.4, 0.5) is 0 Å². The van der Waals surface area contributed by atoms with Gasteiger partial charge in [0, 0.05) is 10.9 Å². The van der Waals surface area contributed by atoms with E-state index >= 15 is 0 Å². The van der Waals surface area contributed by atoms with Crippen LogP contribution >= 0.6 is 12.2 Å². The molecule has 0 saturated heterocycles. The molecular weight excluding hydrogens is 372 g/mol. The third kappa shape index (κ3) is 3.61. The zero-order valence-electron chi connectivity index (χ0n) is 15.6. The van der Waals surface area contributed by atoms with E-state index in [0.717, 1.165) is 22.1 Å². The number of hydrogen-bond acceptors (Lipinski definition) is 4. The number of H-pyrrole nitrogens is 1. The summed E-state index contributed by atoms with van der Waals surface area (Å²) in [6, 6.07) is 17.4. The van der Waals surface area contributed by atoms with Crippen molar-refractivity contribution < 1.29 is 9.21 Å². The first-order valence-corrected chi connectivity index (χ1v) is 9.42. The number of aromatic amines is 1. The average Bonchev–Trinajstić information content (AvgIpc) is 3.27. The van der Waals surface area contributed by atoms with Crippen molar-refractivity contribution in [1.82, 2.24) is 20.1 Å². The van der Waals surface area contributed by atoms with Gasteiger partial charge in [0.25, 0.3) is 0 Å². The van der Waals surface area contributed by atoms with Gasteiger partial charge in [-0.1, -0.05) is 48.0 Å². The monoisotopic (exact) mass is 392 g/mol. The first-order valence-electron chi connectivity index (χ1n) is 9.01. The summed E-state index contributed by atoms with van der Waals surface area (Å²) >= 11 is 5.31. The summed E-state index contributed by atoms with van der Waals surface area (Å²) in [7, 11) is 0. The predicted octanol–water partition coefficient (Wildman–Crippen LogP) is 4.54. The van der Waals surface area contributed by atoms with Crippen LogP contribution in [0, 0.1) is 11.7 Å². The van der Waals surface area contributed by atoms with E-state index in [1.54, 1.807) is 4.57 Å². The molecule has 7 heteroatoms. The zero-order valence-corrected chi connectivity index (χ0v) is 16.4. The molecule has 6 nitrogen and oxygen atoms in total. The Balaban J connectivity index is 1.51. The molecule has 0 aliphatic heterocycles. The molecular formula is C21H20N4O2S. The molecule has 1 atom stereocenters. The second-order valence-corrected chi connectivity index (χ2v) is 7.17. The summed E-state index contributed by atoms with van der Waals surface area (Å²) in [5.41, 5.74) is 2.86. The maximum atomic E-state index is 12.6. The van der Waals surface area contributed by atoms with E-state index in [1.165, 1.54) is 0 Å². The summed E-state index contributed by atoms with van der Waals surface area (Å²) in [6.07, 6.45) is 0. The molecule has 4 rings (SSSR count). The normalized spacial score (nSPS) is 12.2. The van der Waals surface area contributed by atoms with Crippen molar-refractivity contribution in [3.8, 4) is 11.4 Å². The van der Waals surface area contributed by atoms with Crippen LogP contribution < -0.4 is 5.32 Å². The van der Waals surface area contributed by atoms with Crippen LogP contribution in [0.3, 0.4) is 0 Å². The zero-order chi connectivity index (χ0) is 19.7. The number of furan rings is 1. The van der Waals surface area contributed by atoms with Gasteiger partial charge in [-0.3, -0.25) is 14.5 Å². The number of fused-ring (bicyclic) bond motifs is 1. The standard InChI is InChI=1S/C21H20N4O2S/c1-13-7-9-15(10-8-13)20-23-24-21(28)25(20)12-19(26)22-14(2)18-11-16-5-3-4-6-17(16)27-18/h3-11,14H,12H2,1-2H3,(H,22,26)(H,24,28)/t14-/m0/s1. The molecule has 0 saturated carbocycles. The molecule has 0 spiro atoms. The van der Waals surface area contributed by atoms with Gasteiger partial charge < -0.3 is 9.73 Å². The first-order chi connectivity index (χ1) is 13.5. The number of nitrogens with zero attached hydrogens (tertiary/aromatic N) is 2. The SMILES string of the molecule is Cc1ccc(-c2n[nH]c(=S)n2CC(=O)N[C@@H](C)c2cc3ccccc3o2)cc1. The van der Waals surface area contributed by atoms with Crippen molar-refractivity contribution in [2.75, 3.05) is 0 Å². The Morgan fingerprint density at radius 1 is 1.25 bits per heavy atom. The molecule has 2 aromatic heterocycles. The van der Waals surface area contributed by atoms with Gasteiger partial charge in [0.05, 0.1) is 6.04 Å². The Bertz CT molecular complexity index is 1150. The van der Waals surface area contributed by atoms with E-state index in [2.05, 4.69) is 15.5 Å². The third-order valence-corrected chi connectivity index (χ3v) is 4.93. The smallest absolute Gasteiger partial charge is 0.240 e. The molecule has 2 aromatic carbocycles. The van der Waals surface area contributed by atoms with E-state index in [9.17, 15) is 4.79 Å². The molecule has 2 heterocycles. The van der Waals surface area contributed by atoms with Crippen LogP contribution in [0.5, 0.6) is 0 Å². The summed E-state index contributed by atoms with van der Waals surface area (Å²) in [5, 5.41) is 11.0. The number of aryl methyl sites for hydroxylation is 1. The molecule has 0 fully saturated rings. The number of amides is 1. The van der Waals surface area contributed by atoms with Crippen molar-refractivity contribution in [3.63, 3.8) is 0 Å². The Hall–Kier alpha value is -3.19. The van der Waals surface area contributed by atoms with Crippen molar-refractivity contribution in [1.29, 1.82) is 0 Å². The number of hydrogen-bond donors (Lipinski definition) is 2. The molecule has 0 aliphatic rings. The minimum Gasteiger partial charge on any atom is -0.459 e. The van der Waals surface area contributed by atoms with Gasteiger partial charge in [-0.2, -0.15) is 5.10 Å². The van der Waals surface area contributed by atoms with E-state index in [4.69, 9.17) is 16.6 Å². The third-order valence-electron chi connectivity index (χ3n) is 4.62. The summed E-state index contributed by atoms with van der Waals surface area (Å²) < 4.78 is 7.93. The maximum Gasteiger partial charge on any atom is 0.240 e. The Morgan fingerprint density at radius 2 is 2.00 bits per heavy atom. The van der Waals surface area contributed by atoms with E-state index in [1.807, 2.05) is 68.4 Å². The van der Waals surface area contributed by atoms with Gasteiger partial charge in [0.15, 0.2) is 10.6 Å². The fraction of sp³-hybridized carbons (Fsp3) is 0.190. The number of carbonyl (C=O) groups is 1. The van der Waals surface area contributed by atoms with E-state index in [0.29, 0.717) is 16.4 Å². The van der Waals surface area contributed by atoms with Gasteiger partial charge in [0.2, 0.25) is 5.91 Å². The van der Waals surface area contributed by atoms with Gasteiger partial charge in [0.1, 0.15) is 17.9 Å². The lowest BCUT2D eigenvalue weighted by Gasteiger charge is -2.12. The van der Waals surface area contributed by atoms with Crippen molar-refractivity contribution in [2.45, 2.75) is 26.4 Å². The van der Waals surface area contributed by atoms with Gasteiger partial charge >= 0.3 is 0 Å². The number of rotatable bonds is 5. The molecule has 142 valence electrons. The molecule has 1 amide bonds. The maximum absolute atomic E-state index is 12.6. The lowest BCUT2D eigenvalue weighted by molar-refractivity contribution is -0.122. The second kappa shape index (κ2) is 7.44. The van der Waals surface area contributed by atoms with Crippen molar-refractivity contribution >= 4 is 29.1 Å². The van der Waals surface area contributed by atoms with Gasteiger partial charge in [-0.05, 0) is 38.2 Å². The lowest BCUT2D eigenvalue weighted by Crippen LogP contribution is -2.30. The summed E-state index contributed by atoms with van der Waals surface area (Å²) in [6.45, 7) is 3.99. The van der Waals surface area contributed by atoms with E-state index < -0.39 is 0 Å². The molecule has 0 bridgehead atoms. The minimum atomic E-state index is -0.260. The fourth-order valence-corrected chi connectivity index (χ4v) is 3.30.